The predicted octanol–water partition coefficient (Wildman–Crippen LogP) is 3.81. The second-order valence-electron chi connectivity index (χ2n) is 5.04. The number of esters is 1. The Balaban J connectivity index is 1.60. The van der Waals surface area contributed by atoms with Crippen LogP contribution >= 0.6 is 11.3 Å². The molecule has 0 atom stereocenters. The van der Waals surface area contributed by atoms with Crippen LogP contribution in [-0.2, 0) is 9.53 Å². The van der Waals surface area contributed by atoms with Crippen LogP contribution < -0.4 is 5.32 Å². The molecule has 130 valence electrons. The number of thiophene rings is 1. The van der Waals surface area contributed by atoms with Crippen LogP contribution in [-0.4, -0.2) is 18.5 Å². The van der Waals surface area contributed by atoms with E-state index in [1.807, 2.05) is 6.07 Å². The van der Waals surface area contributed by atoms with Crippen molar-refractivity contribution in [2.24, 2.45) is 0 Å². The van der Waals surface area contributed by atoms with Gasteiger partial charge in [-0.05, 0) is 35.7 Å². The topological polar surface area (TPSA) is 92.3 Å². The van der Waals surface area contributed by atoms with Crippen molar-refractivity contribution < 1.29 is 23.1 Å². The number of anilines is 1. The zero-order valence-corrected chi connectivity index (χ0v) is 14.0. The first-order chi connectivity index (χ1) is 12.6. The average molecular weight is 370 g/mol. The zero-order valence-electron chi connectivity index (χ0n) is 13.2. The van der Waals surface area contributed by atoms with Crippen molar-refractivity contribution in [2.75, 3.05) is 11.9 Å². The van der Waals surface area contributed by atoms with Crippen LogP contribution in [0.4, 0.5) is 9.39 Å². The molecule has 0 aliphatic heterocycles. The summed E-state index contributed by atoms with van der Waals surface area (Å²) in [5, 5.41) is 13.4. The highest BCUT2D eigenvalue weighted by Crippen LogP contribution is 2.25. The molecule has 0 saturated heterocycles. The third-order valence-electron chi connectivity index (χ3n) is 3.32. The molecule has 1 amide bonds. The summed E-state index contributed by atoms with van der Waals surface area (Å²) in [5.41, 5.74) is 0.543. The number of hydrogen-bond donors (Lipinski definition) is 1. The summed E-state index contributed by atoms with van der Waals surface area (Å²) in [7, 11) is 0. The Morgan fingerprint density at radius 1 is 1.23 bits per heavy atom. The van der Waals surface area contributed by atoms with Gasteiger partial charge >= 0.3 is 5.97 Å². The lowest BCUT2D eigenvalue weighted by Crippen LogP contribution is -2.20. The van der Waals surface area contributed by atoms with Crippen molar-refractivity contribution in [2.45, 2.75) is 0 Å². The largest absolute Gasteiger partial charge is 0.450 e. The van der Waals surface area contributed by atoms with Crippen LogP contribution in [0.2, 0.25) is 0 Å². The van der Waals surface area contributed by atoms with Gasteiger partial charge in [0, 0.05) is 0 Å². The van der Waals surface area contributed by atoms with E-state index < -0.39 is 24.3 Å². The van der Waals surface area contributed by atoms with Gasteiger partial charge in [-0.25, -0.2) is 9.18 Å². The number of benzene rings is 1. The molecule has 0 fully saturated rings. The van der Waals surface area contributed by atoms with Crippen molar-refractivity contribution >= 4 is 28.2 Å². The second-order valence-corrected chi connectivity index (χ2v) is 5.96. The summed E-state index contributed by atoms with van der Waals surface area (Å²) >= 11 is 1.19. The molecule has 0 bridgehead atoms. The minimum atomic E-state index is -0.852. The minimum Gasteiger partial charge on any atom is -0.450 e. The summed E-state index contributed by atoms with van der Waals surface area (Å²) in [4.78, 5) is 23.8. The third-order valence-corrected chi connectivity index (χ3v) is 4.15. The smallest absolute Gasteiger partial charge is 0.374 e. The van der Waals surface area contributed by atoms with Crippen molar-refractivity contribution in [3.05, 3.63) is 65.0 Å². The molecule has 26 heavy (non-hydrogen) atoms. The number of hydrogen-bond acceptors (Lipinski definition) is 6. The lowest BCUT2D eigenvalue weighted by Gasteiger charge is -2.04. The highest BCUT2D eigenvalue weighted by molar-refractivity contribution is 7.14. The molecule has 6 nitrogen and oxygen atoms in total. The van der Waals surface area contributed by atoms with Gasteiger partial charge in [-0.1, -0.05) is 12.1 Å². The molecular weight excluding hydrogens is 359 g/mol. The minimum absolute atomic E-state index is 0.148. The fraction of sp³-hybridized carbons (Fsp3) is 0.0556. The van der Waals surface area contributed by atoms with E-state index in [1.165, 1.54) is 35.6 Å². The van der Waals surface area contributed by atoms with Gasteiger partial charge in [0.25, 0.3) is 5.91 Å². The quantitative estimate of drug-likeness (QED) is 0.690. The molecule has 0 aliphatic carbocycles. The lowest BCUT2D eigenvalue weighted by molar-refractivity contribution is -0.119. The number of nitrogens with zero attached hydrogens (tertiary/aromatic N) is 1. The SMILES string of the molecule is N#Cc1ccsc1NC(=O)COC(=O)c1ccc(-c2ccccc2F)o1. The van der Waals surface area contributed by atoms with Gasteiger partial charge in [-0.3, -0.25) is 4.79 Å². The fourth-order valence-corrected chi connectivity index (χ4v) is 2.87. The van der Waals surface area contributed by atoms with Gasteiger partial charge in [0.15, 0.2) is 6.61 Å². The maximum atomic E-state index is 13.7. The molecule has 3 aromatic rings. The first-order valence-corrected chi connectivity index (χ1v) is 8.25. The third kappa shape index (κ3) is 3.79. The van der Waals surface area contributed by atoms with E-state index in [4.69, 9.17) is 14.4 Å². The highest BCUT2D eigenvalue weighted by Gasteiger charge is 2.17. The summed E-state index contributed by atoms with van der Waals surface area (Å²) < 4.78 is 23.9. The number of nitriles is 1. The summed E-state index contributed by atoms with van der Waals surface area (Å²) in [6, 6.07) is 12.3. The van der Waals surface area contributed by atoms with Gasteiger partial charge in [-0.15, -0.1) is 11.3 Å². The molecule has 1 aromatic carbocycles. The lowest BCUT2D eigenvalue weighted by atomic mass is 10.1. The number of nitrogens with one attached hydrogen (secondary N) is 1. The first kappa shape index (κ1) is 17.4. The number of furan rings is 1. The number of amides is 1. The number of carbonyl (C=O) groups excluding carboxylic acids is 2. The molecule has 1 N–H and O–H groups in total. The fourth-order valence-electron chi connectivity index (χ4n) is 2.11. The average Bonchev–Trinajstić information content (AvgIpc) is 3.29. The van der Waals surface area contributed by atoms with Crippen molar-refractivity contribution in [3.63, 3.8) is 0 Å². The number of ether oxygens (including phenoxy) is 1. The van der Waals surface area contributed by atoms with Crippen molar-refractivity contribution in [3.8, 4) is 17.4 Å². The van der Waals surface area contributed by atoms with E-state index in [1.54, 1.807) is 23.6 Å². The Morgan fingerprint density at radius 2 is 2.04 bits per heavy atom. The Bertz CT molecular complexity index is 1000. The van der Waals surface area contributed by atoms with E-state index in [0.717, 1.165) is 0 Å². The molecule has 0 radical (unpaired) electrons. The Labute approximate surface area is 151 Å². The maximum absolute atomic E-state index is 13.7. The Morgan fingerprint density at radius 3 is 2.81 bits per heavy atom. The van der Waals surface area contributed by atoms with Crippen LogP contribution in [0.25, 0.3) is 11.3 Å². The molecule has 2 aromatic heterocycles. The summed E-state index contributed by atoms with van der Waals surface area (Å²) in [6.45, 7) is -0.544. The Kier molecular flexibility index (Phi) is 5.10. The van der Waals surface area contributed by atoms with E-state index in [9.17, 15) is 14.0 Å². The van der Waals surface area contributed by atoms with E-state index in [-0.39, 0.29) is 17.1 Å². The van der Waals surface area contributed by atoms with Crippen LogP contribution in [0.5, 0.6) is 0 Å². The number of carbonyl (C=O) groups is 2. The van der Waals surface area contributed by atoms with Crippen molar-refractivity contribution in [1.82, 2.24) is 0 Å². The highest BCUT2D eigenvalue weighted by atomic mass is 32.1. The molecular formula is C18H11FN2O4S. The number of halogens is 1. The van der Waals surface area contributed by atoms with E-state index in [0.29, 0.717) is 10.6 Å². The normalized spacial score (nSPS) is 10.2. The van der Waals surface area contributed by atoms with Crippen LogP contribution in [0, 0.1) is 17.1 Å². The number of rotatable bonds is 5. The van der Waals surface area contributed by atoms with E-state index >= 15 is 0 Å². The Hall–Kier alpha value is -3.44. The monoisotopic (exact) mass is 370 g/mol. The summed E-state index contributed by atoms with van der Waals surface area (Å²) in [5.74, 6) is -1.89. The van der Waals surface area contributed by atoms with Crippen LogP contribution in [0.15, 0.2) is 52.3 Å². The standard InChI is InChI=1S/C18H11FN2O4S/c19-13-4-2-1-3-12(13)14-5-6-15(25-14)18(23)24-10-16(22)21-17-11(9-20)7-8-26-17/h1-8H,10H2,(H,21,22). The summed E-state index contributed by atoms with van der Waals surface area (Å²) in [6.07, 6.45) is 0. The molecule has 0 spiro atoms. The van der Waals surface area contributed by atoms with Gasteiger partial charge in [0.05, 0.1) is 11.1 Å². The van der Waals surface area contributed by atoms with Gasteiger partial charge < -0.3 is 14.5 Å². The van der Waals surface area contributed by atoms with Crippen LogP contribution in [0.3, 0.4) is 0 Å². The first-order valence-electron chi connectivity index (χ1n) is 7.38. The van der Waals surface area contributed by atoms with Gasteiger partial charge in [0.1, 0.15) is 22.6 Å². The van der Waals surface area contributed by atoms with E-state index in [2.05, 4.69) is 5.32 Å². The zero-order chi connectivity index (χ0) is 18.5. The predicted molar refractivity (Wildman–Crippen MR) is 92.0 cm³/mol. The molecule has 0 aliphatic rings. The maximum Gasteiger partial charge on any atom is 0.374 e. The molecule has 3 rings (SSSR count). The van der Waals surface area contributed by atoms with Crippen molar-refractivity contribution in [1.29, 1.82) is 5.26 Å². The molecule has 0 saturated carbocycles. The molecule has 0 unspecified atom stereocenters. The van der Waals surface area contributed by atoms with Gasteiger partial charge in [0.2, 0.25) is 5.76 Å². The second kappa shape index (κ2) is 7.63. The van der Waals surface area contributed by atoms with Gasteiger partial charge in [-0.2, -0.15) is 5.26 Å². The molecule has 2 heterocycles. The van der Waals surface area contributed by atoms with Crippen LogP contribution in [0.1, 0.15) is 16.1 Å². The molecule has 8 heteroatoms.